The zero-order valence-corrected chi connectivity index (χ0v) is 21.6. The molecule has 0 atom stereocenters. The second kappa shape index (κ2) is 10.7. The SMILES string of the molecule is COC(=O)c1ccc(-c2ccc3c(N4CCC(NC(=O)c5cccc(Cl)c5Cl)CC4)ncnc3c2)cc1. The van der Waals surface area contributed by atoms with Crippen LogP contribution >= 0.6 is 23.2 Å². The Morgan fingerprint density at radius 3 is 2.43 bits per heavy atom. The highest BCUT2D eigenvalue weighted by Gasteiger charge is 2.24. The standard InChI is InChI=1S/C28H24Cl2N4O3/c1-37-28(36)18-7-5-17(6-8-18)19-9-10-21-24(15-19)31-16-32-26(21)34-13-11-20(12-14-34)33-27(35)22-3-2-4-23(29)25(22)30/h2-10,15-16,20H,11-14H2,1H3,(H,33,35). The molecule has 1 N–H and O–H groups in total. The minimum absolute atomic E-state index is 0.0338. The summed E-state index contributed by atoms with van der Waals surface area (Å²) in [6, 6.07) is 18.5. The Bertz CT molecular complexity index is 1470. The number of piperidine rings is 1. The lowest BCUT2D eigenvalue weighted by atomic mass is 10.0. The third-order valence-corrected chi connectivity index (χ3v) is 7.40. The minimum Gasteiger partial charge on any atom is -0.465 e. The highest BCUT2D eigenvalue weighted by Crippen LogP contribution is 2.30. The largest absolute Gasteiger partial charge is 0.465 e. The number of benzene rings is 3. The molecule has 7 nitrogen and oxygen atoms in total. The van der Waals surface area contributed by atoms with Crippen molar-refractivity contribution >= 4 is 51.8 Å². The van der Waals surface area contributed by atoms with Gasteiger partial charge in [0.05, 0.1) is 33.8 Å². The number of nitrogens with zero attached hydrogens (tertiary/aromatic N) is 3. The molecule has 3 aromatic carbocycles. The van der Waals surface area contributed by atoms with Gasteiger partial charge in [0, 0.05) is 24.5 Å². The first-order chi connectivity index (χ1) is 17.9. The number of nitrogens with one attached hydrogen (secondary N) is 1. The highest BCUT2D eigenvalue weighted by molar-refractivity contribution is 6.43. The number of carbonyl (C=O) groups excluding carboxylic acids is 2. The van der Waals surface area contributed by atoms with E-state index >= 15 is 0 Å². The fraction of sp³-hybridized carbons (Fsp3) is 0.214. The van der Waals surface area contributed by atoms with Gasteiger partial charge in [-0.1, -0.05) is 47.5 Å². The molecule has 4 aromatic rings. The number of halogens is 2. The number of rotatable bonds is 5. The molecule has 1 aromatic heterocycles. The summed E-state index contributed by atoms with van der Waals surface area (Å²) in [6.45, 7) is 1.49. The fourth-order valence-electron chi connectivity index (χ4n) is 4.57. The summed E-state index contributed by atoms with van der Waals surface area (Å²) in [5.74, 6) is 0.296. The third kappa shape index (κ3) is 5.24. The predicted molar refractivity (Wildman–Crippen MR) is 145 cm³/mol. The van der Waals surface area contributed by atoms with Gasteiger partial charge in [-0.15, -0.1) is 0 Å². The zero-order valence-electron chi connectivity index (χ0n) is 20.1. The van der Waals surface area contributed by atoms with Crippen molar-refractivity contribution in [1.29, 1.82) is 0 Å². The van der Waals surface area contributed by atoms with Crippen LogP contribution in [0.3, 0.4) is 0 Å². The van der Waals surface area contributed by atoms with Crippen LogP contribution in [0.2, 0.25) is 10.0 Å². The Kier molecular flexibility index (Phi) is 7.26. The molecule has 5 rings (SSSR count). The van der Waals surface area contributed by atoms with Crippen molar-refractivity contribution in [1.82, 2.24) is 15.3 Å². The van der Waals surface area contributed by atoms with Crippen LogP contribution in [-0.2, 0) is 4.74 Å². The average molecular weight is 535 g/mol. The van der Waals surface area contributed by atoms with E-state index in [0.29, 0.717) is 16.1 Å². The molecule has 0 radical (unpaired) electrons. The summed E-state index contributed by atoms with van der Waals surface area (Å²) >= 11 is 12.3. The van der Waals surface area contributed by atoms with Gasteiger partial charge >= 0.3 is 5.97 Å². The van der Waals surface area contributed by atoms with Crippen molar-refractivity contribution in [3.63, 3.8) is 0 Å². The molecule has 0 aliphatic carbocycles. The summed E-state index contributed by atoms with van der Waals surface area (Å²) in [7, 11) is 1.37. The van der Waals surface area contributed by atoms with Crippen molar-refractivity contribution in [2.24, 2.45) is 0 Å². The van der Waals surface area contributed by atoms with Crippen LogP contribution in [0.15, 0.2) is 67.0 Å². The Morgan fingerprint density at radius 2 is 1.70 bits per heavy atom. The molecular formula is C28H24Cl2N4O3. The summed E-state index contributed by atoms with van der Waals surface area (Å²) in [4.78, 5) is 35.7. The van der Waals surface area contributed by atoms with Crippen molar-refractivity contribution in [2.45, 2.75) is 18.9 Å². The Labute approximate surface area is 224 Å². The molecule has 1 amide bonds. The van der Waals surface area contributed by atoms with Crippen LogP contribution in [0.1, 0.15) is 33.6 Å². The molecule has 1 aliphatic heterocycles. The quantitative estimate of drug-likeness (QED) is 0.326. The number of ether oxygens (including phenoxy) is 1. The number of hydrogen-bond donors (Lipinski definition) is 1. The van der Waals surface area contributed by atoms with Gasteiger partial charge in [0.15, 0.2) is 0 Å². The van der Waals surface area contributed by atoms with E-state index in [1.807, 2.05) is 30.3 Å². The topological polar surface area (TPSA) is 84.4 Å². The number of amides is 1. The maximum Gasteiger partial charge on any atom is 0.337 e. The second-order valence-corrected chi connectivity index (χ2v) is 9.62. The maximum atomic E-state index is 12.7. The molecule has 37 heavy (non-hydrogen) atoms. The van der Waals surface area contributed by atoms with Gasteiger partial charge in [-0.2, -0.15) is 0 Å². The zero-order chi connectivity index (χ0) is 25.9. The van der Waals surface area contributed by atoms with Gasteiger partial charge in [0.1, 0.15) is 12.1 Å². The van der Waals surface area contributed by atoms with Gasteiger partial charge in [-0.3, -0.25) is 4.79 Å². The summed E-state index contributed by atoms with van der Waals surface area (Å²) < 4.78 is 4.77. The van der Waals surface area contributed by atoms with Gasteiger partial charge in [0.2, 0.25) is 0 Å². The minimum atomic E-state index is -0.362. The highest BCUT2D eigenvalue weighted by atomic mass is 35.5. The van der Waals surface area contributed by atoms with E-state index in [0.717, 1.165) is 53.8 Å². The van der Waals surface area contributed by atoms with Gasteiger partial charge in [-0.05, 0) is 60.4 Å². The average Bonchev–Trinajstić information content (AvgIpc) is 2.94. The van der Waals surface area contributed by atoms with Crippen molar-refractivity contribution < 1.29 is 14.3 Å². The van der Waals surface area contributed by atoms with E-state index < -0.39 is 0 Å². The Morgan fingerprint density at radius 1 is 0.973 bits per heavy atom. The van der Waals surface area contributed by atoms with Crippen LogP contribution in [-0.4, -0.2) is 48.1 Å². The van der Waals surface area contributed by atoms with Crippen molar-refractivity contribution in [2.75, 3.05) is 25.1 Å². The summed E-state index contributed by atoms with van der Waals surface area (Å²) in [5.41, 5.74) is 3.70. The van der Waals surface area contributed by atoms with E-state index in [1.165, 1.54) is 7.11 Å². The van der Waals surface area contributed by atoms with E-state index in [-0.39, 0.29) is 22.9 Å². The number of carbonyl (C=O) groups is 2. The van der Waals surface area contributed by atoms with E-state index in [4.69, 9.17) is 27.9 Å². The fourth-order valence-corrected chi connectivity index (χ4v) is 4.96. The first-order valence-corrected chi connectivity index (χ1v) is 12.6. The van der Waals surface area contributed by atoms with Crippen LogP contribution in [0.5, 0.6) is 0 Å². The molecular weight excluding hydrogens is 511 g/mol. The monoisotopic (exact) mass is 534 g/mol. The maximum absolute atomic E-state index is 12.7. The van der Waals surface area contributed by atoms with Crippen molar-refractivity contribution in [3.05, 3.63) is 88.2 Å². The summed E-state index contributed by atoms with van der Waals surface area (Å²) in [6.07, 6.45) is 3.14. The molecule has 2 heterocycles. The normalized spacial score (nSPS) is 14.0. The Hall–Kier alpha value is -3.68. The molecule has 0 unspecified atom stereocenters. The molecule has 0 spiro atoms. The molecule has 188 valence electrons. The first kappa shape index (κ1) is 25.0. The molecule has 9 heteroatoms. The van der Waals surface area contributed by atoms with Crippen LogP contribution in [0.25, 0.3) is 22.0 Å². The number of methoxy groups -OCH3 is 1. The smallest absolute Gasteiger partial charge is 0.337 e. The number of esters is 1. The number of fused-ring (bicyclic) bond motifs is 1. The van der Waals surface area contributed by atoms with E-state index in [2.05, 4.69) is 20.2 Å². The lowest BCUT2D eigenvalue weighted by molar-refractivity contribution is 0.0600. The third-order valence-electron chi connectivity index (χ3n) is 6.58. The molecule has 1 saturated heterocycles. The number of aromatic nitrogens is 2. The second-order valence-electron chi connectivity index (χ2n) is 8.83. The lowest BCUT2D eigenvalue weighted by Gasteiger charge is -2.33. The van der Waals surface area contributed by atoms with Gasteiger partial charge in [0.25, 0.3) is 5.91 Å². The van der Waals surface area contributed by atoms with E-state index in [1.54, 1.807) is 36.7 Å². The number of hydrogen-bond acceptors (Lipinski definition) is 6. The molecule has 1 fully saturated rings. The number of anilines is 1. The lowest BCUT2D eigenvalue weighted by Crippen LogP contribution is -2.45. The summed E-state index contributed by atoms with van der Waals surface area (Å²) in [5, 5.41) is 4.68. The van der Waals surface area contributed by atoms with E-state index in [9.17, 15) is 9.59 Å². The first-order valence-electron chi connectivity index (χ1n) is 11.9. The van der Waals surface area contributed by atoms with Crippen LogP contribution in [0.4, 0.5) is 5.82 Å². The van der Waals surface area contributed by atoms with Gasteiger partial charge in [-0.25, -0.2) is 14.8 Å². The molecule has 1 aliphatic rings. The Balaban J connectivity index is 1.28. The van der Waals surface area contributed by atoms with Crippen molar-refractivity contribution in [3.8, 4) is 11.1 Å². The molecule has 0 saturated carbocycles. The molecule has 0 bridgehead atoms. The predicted octanol–water partition coefficient (Wildman–Crippen LogP) is 5.79. The van der Waals surface area contributed by atoms with Crippen LogP contribution in [0, 0.1) is 0 Å². The van der Waals surface area contributed by atoms with Gasteiger partial charge < -0.3 is 15.0 Å². The van der Waals surface area contributed by atoms with Crippen LogP contribution < -0.4 is 10.2 Å².